The van der Waals surface area contributed by atoms with Crippen molar-refractivity contribution >= 4 is 6.09 Å². The highest BCUT2D eigenvalue weighted by molar-refractivity contribution is 5.67. The van der Waals surface area contributed by atoms with Gasteiger partial charge < -0.3 is 15.8 Å². The lowest BCUT2D eigenvalue weighted by Crippen LogP contribution is -2.33. The summed E-state index contributed by atoms with van der Waals surface area (Å²) in [6, 6.07) is 15.5. The van der Waals surface area contributed by atoms with E-state index in [1.165, 1.54) is 15.2 Å². The molecule has 4 rings (SSSR count). The van der Waals surface area contributed by atoms with Crippen LogP contribution in [0.25, 0.3) is 32.5 Å². The van der Waals surface area contributed by atoms with Gasteiger partial charge in [0.25, 0.3) is 0 Å². The molecule has 0 saturated carbocycles. The van der Waals surface area contributed by atoms with E-state index in [1.807, 2.05) is 69.3 Å². The van der Waals surface area contributed by atoms with E-state index in [0.717, 1.165) is 23.1 Å². The van der Waals surface area contributed by atoms with Gasteiger partial charge in [0.1, 0.15) is 5.60 Å². The average Bonchev–Trinajstić information content (AvgIpc) is 3.60. The van der Waals surface area contributed by atoms with Crippen molar-refractivity contribution < 1.29 is 9.53 Å². The van der Waals surface area contributed by atoms with E-state index in [-0.39, 0.29) is 13.3 Å². The van der Waals surface area contributed by atoms with Crippen LogP contribution in [0.3, 0.4) is 0 Å². The fourth-order valence-corrected chi connectivity index (χ4v) is 3.39. The van der Waals surface area contributed by atoms with Crippen molar-refractivity contribution in [1.29, 1.82) is 0 Å². The zero-order valence-corrected chi connectivity index (χ0v) is 23.2. The number of carbonyl (C=O) groups excluding carboxylic acids is 1. The average molecular weight is 557 g/mol. The van der Waals surface area contributed by atoms with Crippen molar-refractivity contribution in [2.75, 3.05) is 13.1 Å². The van der Waals surface area contributed by atoms with Crippen molar-refractivity contribution in [3.8, 4) is 22.8 Å². The van der Waals surface area contributed by atoms with E-state index in [1.54, 1.807) is 0 Å². The fourth-order valence-electron chi connectivity index (χ4n) is 3.39. The van der Waals surface area contributed by atoms with Crippen LogP contribution in [0, 0.1) is 13.1 Å². The highest BCUT2D eigenvalue weighted by atomic mass is 16.6. The van der Waals surface area contributed by atoms with Gasteiger partial charge in [-0.15, -0.1) is 20.4 Å². The molecule has 212 valence electrons. The van der Waals surface area contributed by atoms with E-state index >= 15 is 0 Å². The maximum Gasteiger partial charge on any atom is 0.407 e. The third kappa shape index (κ3) is 10.1. The van der Waals surface area contributed by atoms with Crippen molar-refractivity contribution in [2.45, 2.75) is 52.6 Å². The molecular weight excluding hydrogens is 524 g/mol. The highest BCUT2D eigenvalue weighted by Gasteiger charge is 2.15. The molecule has 0 radical (unpaired) electrons. The van der Waals surface area contributed by atoms with Gasteiger partial charge in [-0.05, 0) is 61.7 Å². The summed E-state index contributed by atoms with van der Waals surface area (Å²) in [4.78, 5) is 20.5. The van der Waals surface area contributed by atoms with Gasteiger partial charge >= 0.3 is 19.4 Å². The Morgan fingerprint density at radius 2 is 1.32 bits per heavy atom. The molecule has 0 fully saturated rings. The van der Waals surface area contributed by atoms with Crippen LogP contribution in [0.2, 0.25) is 0 Å². The number of nitrogens with two attached hydrogens (primary N) is 1. The minimum atomic E-state index is -0.497. The van der Waals surface area contributed by atoms with Crippen molar-refractivity contribution in [3.05, 3.63) is 82.5 Å². The number of hydrogen-bond acceptors (Lipinski definition) is 9. The van der Waals surface area contributed by atoms with Gasteiger partial charge in [0.05, 0.1) is 0 Å². The van der Waals surface area contributed by atoms with Crippen LogP contribution in [0.5, 0.6) is 0 Å². The summed E-state index contributed by atoms with van der Waals surface area (Å²) in [6.07, 6.45) is 1.13. The Hall–Kier alpha value is -5.21. The first-order chi connectivity index (χ1) is 19.7. The monoisotopic (exact) mass is 556 g/mol. The van der Waals surface area contributed by atoms with Crippen molar-refractivity contribution in [2.24, 2.45) is 5.73 Å². The number of amides is 1. The van der Waals surface area contributed by atoms with E-state index in [9.17, 15) is 4.79 Å². The van der Waals surface area contributed by atoms with Gasteiger partial charge in [-0.2, -0.15) is 0 Å². The molecule has 14 nitrogen and oxygen atoms in total. The van der Waals surface area contributed by atoms with E-state index < -0.39 is 11.7 Å². The SMILES string of the molecule is [C-]#[N+]Cn1nnc(-c2ccc(CCN)cc2)n1.[C-]#[N+]Cn1nnc(-c2ccc(CCNC(=O)OC(C)(C)C)cc2)n1. The van der Waals surface area contributed by atoms with Crippen LogP contribution in [-0.4, -0.2) is 65.2 Å². The molecular formula is C27H32N12O2. The lowest BCUT2D eigenvalue weighted by Gasteiger charge is -2.19. The molecule has 3 N–H and O–H groups in total. The van der Waals surface area contributed by atoms with Gasteiger partial charge in [-0.3, -0.25) is 9.69 Å². The molecule has 14 heteroatoms. The number of rotatable bonds is 9. The predicted octanol–water partition coefficient (Wildman–Crippen LogP) is 3.00. The summed E-state index contributed by atoms with van der Waals surface area (Å²) < 4.78 is 5.18. The summed E-state index contributed by atoms with van der Waals surface area (Å²) in [5.74, 6) is 1.02. The highest BCUT2D eigenvalue weighted by Crippen LogP contribution is 2.16. The molecule has 0 atom stereocenters. The Labute approximate surface area is 238 Å². The molecule has 41 heavy (non-hydrogen) atoms. The number of carbonyl (C=O) groups is 1. The zero-order chi connectivity index (χ0) is 29.7. The lowest BCUT2D eigenvalue weighted by atomic mass is 10.1. The van der Waals surface area contributed by atoms with Crippen LogP contribution in [0.15, 0.2) is 48.5 Å². The number of alkyl carbamates (subject to hydrolysis) is 1. The molecule has 0 aliphatic rings. The maximum atomic E-state index is 11.6. The second-order valence-electron chi connectivity index (χ2n) is 9.68. The maximum absolute atomic E-state index is 11.6. The van der Waals surface area contributed by atoms with Crippen LogP contribution in [-0.2, 0) is 30.9 Å². The predicted molar refractivity (Wildman–Crippen MR) is 150 cm³/mol. The third-order valence-corrected chi connectivity index (χ3v) is 5.24. The summed E-state index contributed by atoms with van der Waals surface area (Å²) in [7, 11) is 0. The van der Waals surface area contributed by atoms with E-state index in [4.69, 9.17) is 23.6 Å². The number of aromatic nitrogens is 8. The van der Waals surface area contributed by atoms with Gasteiger partial charge in [-0.25, -0.2) is 17.9 Å². The van der Waals surface area contributed by atoms with E-state index in [2.05, 4.69) is 45.8 Å². The van der Waals surface area contributed by atoms with Gasteiger partial charge in [0, 0.05) is 17.7 Å². The number of tetrazole rings is 2. The first-order valence-electron chi connectivity index (χ1n) is 12.8. The minimum absolute atomic E-state index is 0.0570. The first kappa shape index (κ1) is 30.3. The Balaban J connectivity index is 0.000000239. The number of ether oxygens (including phenoxy) is 1. The molecule has 1 amide bonds. The van der Waals surface area contributed by atoms with Gasteiger partial charge in [0.2, 0.25) is 11.6 Å². The smallest absolute Gasteiger partial charge is 0.407 e. The quantitative estimate of drug-likeness (QED) is 0.295. The molecule has 4 aromatic rings. The fraction of sp³-hybridized carbons (Fsp3) is 0.370. The number of hydrogen-bond donors (Lipinski definition) is 2. The number of nitrogens with zero attached hydrogens (tertiary/aromatic N) is 10. The summed E-state index contributed by atoms with van der Waals surface area (Å²) in [5, 5.41) is 26.4. The van der Waals surface area contributed by atoms with Crippen LogP contribution in [0.4, 0.5) is 4.79 Å². The summed E-state index contributed by atoms with van der Waals surface area (Å²) in [5.41, 5.74) is 8.96. The lowest BCUT2D eigenvalue weighted by molar-refractivity contribution is 0.0528. The van der Waals surface area contributed by atoms with Gasteiger partial charge in [0.15, 0.2) is 0 Å². The summed E-state index contributed by atoms with van der Waals surface area (Å²) >= 11 is 0. The molecule has 0 saturated heterocycles. The van der Waals surface area contributed by atoms with Gasteiger partial charge in [-0.1, -0.05) is 58.1 Å². The second kappa shape index (κ2) is 14.8. The summed E-state index contributed by atoms with van der Waals surface area (Å²) in [6.45, 7) is 20.3. The normalized spacial score (nSPS) is 10.6. The van der Waals surface area contributed by atoms with Crippen LogP contribution >= 0.6 is 0 Å². The Kier molecular flexibility index (Phi) is 11.0. The van der Waals surface area contributed by atoms with Crippen molar-refractivity contribution in [3.63, 3.8) is 0 Å². The largest absolute Gasteiger partial charge is 0.444 e. The molecule has 2 heterocycles. The Morgan fingerprint density at radius 1 is 0.854 bits per heavy atom. The number of nitrogens with one attached hydrogen (secondary N) is 1. The molecule has 2 aromatic carbocycles. The Bertz CT molecular complexity index is 1470. The van der Waals surface area contributed by atoms with Crippen molar-refractivity contribution in [1.82, 2.24) is 45.7 Å². The first-order valence-corrected chi connectivity index (χ1v) is 12.8. The number of benzene rings is 2. The topological polar surface area (TPSA) is 160 Å². The standard InChI is InChI=1S/C16H20N6O2.C11H12N6/c1-16(2,3)24-15(23)18-10-9-12-5-7-13(8-6-12)14-19-21-22(20-14)11-17-4;1-13-8-17-15-11(14-16-17)10-4-2-9(3-5-10)6-7-12/h5-8H,9-11H2,1-3H3,(H,18,23);2-5H,6-8,12H2. The molecule has 0 unspecified atom stereocenters. The third-order valence-electron chi connectivity index (χ3n) is 5.24. The molecule has 0 aliphatic carbocycles. The minimum Gasteiger partial charge on any atom is -0.444 e. The molecule has 0 bridgehead atoms. The second-order valence-corrected chi connectivity index (χ2v) is 9.68. The zero-order valence-electron chi connectivity index (χ0n) is 23.2. The Morgan fingerprint density at radius 3 is 1.73 bits per heavy atom. The molecule has 0 spiro atoms. The molecule has 0 aliphatic heterocycles. The van der Waals surface area contributed by atoms with Crippen LogP contribution < -0.4 is 11.1 Å². The van der Waals surface area contributed by atoms with Crippen LogP contribution in [0.1, 0.15) is 31.9 Å². The van der Waals surface area contributed by atoms with E-state index in [0.29, 0.717) is 31.2 Å². The molecule has 2 aromatic heterocycles.